The van der Waals surface area contributed by atoms with E-state index < -0.39 is 18.2 Å². The minimum atomic E-state index is -0.967. The molecule has 0 spiro atoms. The van der Waals surface area contributed by atoms with Crippen LogP contribution in [0.5, 0.6) is 11.5 Å². The Balaban J connectivity index is 1.58. The molecule has 0 aliphatic carbocycles. The van der Waals surface area contributed by atoms with Crippen LogP contribution in [0.1, 0.15) is 47.8 Å². The Morgan fingerprint density at radius 1 is 1.24 bits per heavy atom. The standard InChI is InChI=1S/C20H24N2O7/c1-26-14-7-5-12-16(17(14)27-2)20(25)29-19(12)22-13(6-8-15(22)23)18(24)21-10-11-4-3-9-28-11/h5,7,11,13,19H,3-4,6,8-10H2,1-2H3,(H,21,24)/t11?,13-,19?/m0/s1. The van der Waals surface area contributed by atoms with Crippen LogP contribution in [0.15, 0.2) is 12.1 Å². The minimum Gasteiger partial charge on any atom is -0.493 e. The second-order valence-corrected chi connectivity index (χ2v) is 7.26. The van der Waals surface area contributed by atoms with Crippen LogP contribution < -0.4 is 14.8 Å². The molecule has 3 aliphatic heterocycles. The van der Waals surface area contributed by atoms with Gasteiger partial charge in [-0.15, -0.1) is 0 Å². The van der Waals surface area contributed by atoms with Gasteiger partial charge in [0.25, 0.3) is 0 Å². The van der Waals surface area contributed by atoms with Gasteiger partial charge < -0.3 is 24.3 Å². The molecule has 0 saturated carbocycles. The van der Waals surface area contributed by atoms with Gasteiger partial charge >= 0.3 is 5.97 Å². The summed E-state index contributed by atoms with van der Waals surface area (Å²) < 4.78 is 21.6. The van der Waals surface area contributed by atoms with E-state index in [0.29, 0.717) is 30.9 Å². The first-order valence-electron chi connectivity index (χ1n) is 9.71. The van der Waals surface area contributed by atoms with Crippen molar-refractivity contribution in [3.63, 3.8) is 0 Å². The molecule has 4 rings (SSSR count). The molecule has 1 aromatic rings. The number of carbonyl (C=O) groups excluding carboxylic acids is 3. The number of likely N-dealkylation sites (tertiary alicyclic amines) is 1. The molecule has 9 nitrogen and oxygen atoms in total. The molecular weight excluding hydrogens is 380 g/mol. The lowest BCUT2D eigenvalue weighted by atomic mass is 10.1. The quantitative estimate of drug-likeness (QED) is 0.710. The number of nitrogens with one attached hydrogen (secondary N) is 1. The highest BCUT2D eigenvalue weighted by Crippen LogP contribution is 2.45. The predicted octanol–water partition coefficient (Wildman–Crippen LogP) is 1.16. The van der Waals surface area contributed by atoms with Crippen molar-refractivity contribution in [3.8, 4) is 11.5 Å². The van der Waals surface area contributed by atoms with Crippen LogP contribution in [0.3, 0.4) is 0 Å². The van der Waals surface area contributed by atoms with Crippen LogP contribution in [-0.4, -0.2) is 62.2 Å². The summed E-state index contributed by atoms with van der Waals surface area (Å²) in [6.07, 6.45) is 1.51. The van der Waals surface area contributed by atoms with E-state index in [0.717, 1.165) is 12.8 Å². The maximum atomic E-state index is 12.8. The van der Waals surface area contributed by atoms with Crippen LogP contribution in [0.25, 0.3) is 0 Å². The average molecular weight is 404 g/mol. The molecule has 0 radical (unpaired) electrons. The number of hydrogen-bond acceptors (Lipinski definition) is 7. The van der Waals surface area contributed by atoms with Crippen LogP contribution in [0.2, 0.25) is 0 Å². The Labute approximate surface area is 168 Å². The Hall–Kier alpha value is -2.81. The molecule has 2 fully saturated rings. The Morgan fingerprint density at radius 3 is 2.76 bits per heavy atom. The second kappa shape index (κ2) is 7.90. The van der Waals surface area contributed by atoms with E-state index in [4.69, 9.17) is 18.9 Å². The first-order chi connectivity index (χ1) is 14.0. The third kappa shape index (κ3) is 3.39. The largest absolute Gasteiger partial charge is 0.493 e. The van der Waals surface area contributed by atoms with E-state index in [-0.39, 0.29) is 35.7 Å². The number of ether oxygens (including phenoxy) is 4. The van der Waals surface area contributed by atoms with E-state index in [2.05, 4.69) is 5.32 Å². The molecular formula is C20H24N2O7. The normalized spacial score (nSPS) is 25.7. The van der Waals surface area contributed by atoms with Crippen LogP contribution in [0.4, 0.5) is 0 Å². The van der Waals surface area contributed by atoms with Crippen molar-refractivity contribution in [1.82, 2.24) is 10.2 Å². The summed E-state index contributed by atoms with van der Waals surface area (Å²) in [6, 6.07) is 2.61. The monoisotopic (exact) mass is 404 g/mol. The number of methoxy groups -OCH3 is 2. The number of cyclic esters (lactones) is 1. The highest BCUT2D eigenvalue weighted by atomic mass is 16.6. The van der Waals surface area contributed by atoms with Crippen molar-refractivity contribution in [2.75, 3.05) is 27.4 Å². The fourth-order valence-corrected chi connectivity index (χ4v) is 4.18. The lowest BCUT2D eigenvalue weighted by Gasteiger charge is -2.29. The van der Waals surface area contributed by atoms with Crippen molar-refractivity contribution >= 4 is 17.8 Å². The number of benzene rings is 1. The summed E-state index contributed by atoms with van der Waals surface area (Å²) in [7, 11) is 2.90. The van der Waals surface area contributed by atoms with Gasteiger partial charge in [-0.25, -0.2) is 4.79 Å². The Morgan fingerprint density at radius 2 is 2.07 bits per heavy atom. The van der Waals surface area contributed by atoms with Gasteiger partial charge in [0, 0.05) is 25.1 Å². The second-order valence-electron chi connectivity index (χ2n) is 7.26. The molecule has 2 amide bonds. The van der Waals surface area contributed by atoms with E-state index in [1.165, 1.54) is 19.1 Å². The lowest BCUT2D eigenvalue weighted by molar-refractivity contribution is -0.145. The molecule has 29 heavy (non-hydrogen) atoms. The zero-order valence-corrected chi connectivity index (χ0v) is 16.4. The number of esters is 1. The van der Waals surface area contributed by atoms with E-state index in [9.17, 15) is 14.4 Å². The van der Waals surface area contributed by atoms with Crippen LogP contribution in [0, 0.1) is 0 Å². The van der Waals surface area contributed by atoms with E-state index >= 15 is 0 Å². The summed E-state index contributed by atoms with van der Waals surface area (Å²) in [5.74, 6) is -0.469. The topological polar surface area (TPSA) is 103 Å². The fourth-order valence-electron chi connectivity index (χ4n) is 4.18. The number of hydrogen-bond donors (Lipinski definition) is 1. The molecule has 1 N–H and O–H groups in total. The molecule has 3 atom stereocenters. The fraction of sp³-hybridized carbons (Fsp3) is 0.550. The zero-order chi connectivity index (χ0) is 20.5. The number of amides is 2. The lowest BCUT2D eigenvalue weighted by Crippen LogP contribution is -2.47. The number of carbonyl (C=O) groups is 3. The summed E-state index contributed by atoms with van der Waals surface area (Å²) in [4.78, 5) is 39.3. The highest BCUT2D eigenvalue weighted by Gasteiger charge is 2.47. The van der Waals surface area contributed by atoms with Gasteiger partial charge in [0.2, 0.25) is 18.0 Å². The third-order valence-electron chi connectivity index (χ3n) is 5.61. The summed E-state index contributed by atoms with van der Waals surface area (Å²) in [5.41, 5.74) is 0.704. The molecule has 0 bridgehead atoms. The maximum absolute atomic E-state index is 12.8. The van der Waals surface area contributed by atoms with Crippen LogP contribution >= 0.6 is 0 Å². The van der Waals surface area contributed by atoms with Crippen LogP contribution in [-0.2, 0) is 19.1 Å². The minimum absolute atomic E-state index is 0.00580. The van der Waals surface area contributed by atoms with Gasteiger partial charge in [-0.05, 0) is 31.4 Å². The Kier molecular flexibility index (Phi) is 5.31. The van der Waals surface area contributed by atoms with Crippen molar-refractivity contribution in [1.29, 1.82) is 0 Å². The first-order valence-corrected chi connectivity index (χ1v) is 9.71. The molecule has 9 heteroatoms. The zero-order valence-electron chi connectivity index (χ0n) is 16.4. The average Bonchev–Trinajstić information content (AvgIpc) is 3.45. The first kappa shape index (κ1) is 19.5. The molecule has 0 aromatic heterocycles. The summed E-state index contributed by atoms with van der Waals surface area (Å²) in [6.45, 7) is 1.11. The molecule has 3 heterocycles. The van der Waals surface area contributed by atoms with Gasteiger partial charge in [-0.3, -0.25) is 14.5 Å². The number of fused-ring (bicyclic) bond motifs is 1. The summed E-state index contributed by atoms with van der Waals surface area (Å²) >= 11 is 0. The highest BCUT2D eigenvalue weighted by molar-refractivity contribution is 5.99. The van der Waals surface area contributed by atoms with Crippen molar-refractivity contribution < 1.29 is 33.3 Å². The molecule has 1 aromatic carbocycles. The number of nitrogens with zero attached hydrogens (tertiary/aromatic N) is 1. The van der Waals surface area contributed by atoms with Crippen molar-refractivity contribution in [2.24, 2.45) is 0 Å². The molecule has 3 aliphatic rings. The van der Waals surface area contributed by atoms with Gasteiger partial charge in [0.05, 0.1) is 20.3 Å². The maximum Gasteiger partial charge on any atom is 0.344 e. The summed E-state index contributed by atoms with van der Waals surface area (Å²) in [5, 5.41) is 2.87. The predicted molar refractivity (Wildman–Crippen MR) is 99.6 cm³/mol. The third-order valence-corrected chi connectivity index (χ3v) is 5.61. The van der Waals surface area contributed by atoms with Crippen molar-refractivity contribution in [3.05, 3.63) is 23.3 Å². The van der Waals surface area contributed by atoms with E-state index in [1.807, 2.05) is 0 Å². The molecule has 2 saturated heterocycles. The van der Waals surface area contributed by atoms with Crippen molar-refractivity contribution in [2.45, 2.75) is 44.1 Å². The molecule has 156 valence electrons. The van der Waals surface area contributed by atoms with Gasteiger partial charge in [-0.2, -0.15) is 0 Å². The molecule has 2 unspecified atom stereocenters. The number of rotatable bonds is 6. The van der Waals surface area contributed by atoms with E-state index in [1.54, 1.807) is 12.1 Å². The van der Waals surface area contributed by atoms with Gasteiger partial charge in [0.15, 0.2) is 11.5 Å². The van der Waals surface area contributed by atoms with Gasteiger partial charge in [-0.1, -0.05) is 0 Å². The SMILES string of the molecule is COc1ccc2c(c1OC)C(=O)OC2N1C(=O)CC[C@H]1C(=O)NCC1CCCO1. The Bertz CT molecular complexity index is 834. The van der Waals surface area contributed by atoms with Gasteiger partial charge in [0.1, 0.15) is 11.6 Å². The smallest absolute Gasteiger partial charge is 0.344 e.